The van der Waals surface area contributed by atoms with Crippen molar-refractivity contribution in [1.82, 2.24) is 4.90 Å². The number of aromatic hydroxyl groups is 1. The van der Waals surface area contributed by atoms with E-state index in [1.807, 2.05) is 25.1 Å². The van der Waals surface area contributed by atoms with Crippen molar-refractivity contribution in [2.45, 2.75) is 41.9 Å². The summed E-state index contributed by atoms with van der Waals surface area (Å²) in [5.41, 5.74) is 2.33. The van der Waals surface area contributed by atoms with Crippen LogP contribution in [-0.4, -0.2) is 55.9 Å². The minimum Gasteiger partial charge on any atom is -0.508 e. The van der Waals surface area contributed by atoms with Gasteiger partial charge in [0.25, 0.3) is 11.8 Å². The molecular weight excluding hydrogens is 635 g/mol. The molecule has 3 fully saturated rings. The fraction of sp³-hybridized carbons (Fsp3) is 0.400. The third kappa shape index (κ3) is 3.71. The number of aryl methyl sites for hydroxylation is 1. The molecule has 2 saturated heterocycles. The SMILES string of the molecule is CCc1ccc(N2C(=O)C3CC=C4C(CC5(Cl)C(=O)N(CBr)C(=O)C5(Cl)C4c4ccc(OC)cc4O)C3C2=O)cc1. The number of rotatable bonds is 5. The summed E-state index contributed by atoms with van der Waals surface area (Å²) in [6, 6.07) is 11.9. The van der Waals surface area contributed by atoms with Gasteiger partial charge in [-0.3, -0.25) is 29.0 Å². The Morgan fingerprint density at radius 3 is 2.34 bits per heavy atom. The van der Waals surface area contributed by atoms with Crippen LogP contribution in [-0.2, 0) is 25.6 Å². The minimum atomic E-state index is -1.98. The van der Waals surface area contributed by atoms with Gasteiger partial charge >= 0.3 is 0 Å². The van der Waals surface area contributed by atoms with Crippen molar-refractivity contribution in [2.75, 3.05) is 17.5 Å². The number of methoxy groups -OCH3 is 1. The molecule has 2 aromatic carbocycles. The highest BCUT2D eigenvalue weighted by molar-refractivity contribution is 9.09. The largest absolute Gasteiger partial charge is 0.508 e. The molecule has 4 aliphatic rings. The number of hydrogen-bond acceptors (Lipinski definition) is 6. The zero-order chi connectivity index (χ0) is 29.4. The van der Waals surface area contributed by atoms with E-state index in [1.165, 1.54) is 18.1 Å². The smallest absolute Gasteiger partial charge is 0.254 e. The summed E-state index contributed by atoms with van der Waals surface area (Å²) in [6.07, 6.45) is 2.78. The van der Waals surface area contributed by atoms with Crippen LogP contribution in [0.3, 0.4) is 0 Å². The molecule has 0 bridgehead atoms. The van der Waals surface area contributed by atoms with Gasteiger partial charge < -0.3 is 9.84 Å². The van der Waals surface area contributed by atoms with Crippen LogP contribution in [0.25, 0.3) is 0 Å². The van der Waals surface area contributed by atoms with Crippen LogP contribution in [0.5, 0.6) is 11.5 Å². The fourth-order valence-corrected chi connectivity index (χ4v) is 8.55. The molecule has 0 aromatic heterocycles. The molecular formula is C30H27BrCl2N2O6. The summed E-state index contributed by atoms with van der Waals surface area (Å²) >= 11 is 17.6. The molecule has 0 spiro atoms. The first kappa shape index (κ1) is 28.2. The maximum atomic E-state index is 14.1. The van der Waals surface area contributed by atoms with E-state index in [2.05, 4.69) is 15.9 Å². The summed E-state index contributed by atoms with van der Waals surface area (Å²) in [5.74, 6) is -5.07. The van der Waals surface area contributed by atoms with E-state index in [9.17, 15) is 24.3 Å². The van der Waals surface area contributed by atoms with Crippen LogP contribution < -0.4 is 9.64 Å². The lowest BCUT2D eigenvalue weighted by atomic mass is 9.56. The second-order valence-electron chi connectivity index (χ2n) is 10.9. The highest BCUT2D eigenvalue weighted by Gasteiger charge is 2.76. The highest BCUT2D eigenvalue weighted by Crippen LogP contribution is 2.66. The number of benzene rings is 2. The summed E-state index contributed by atoms with van der Waals surface area (Å²) in [5, 5.41) is 11.1. The third-order valence-electron chi connectivity index (χ3n) is 9.17. The normalized spacial score (nSPS) is 32.6. The van der Waals surface area contributed by atoms with Gasteiger partial charge in [-0.1, -0.05) is 52.7 Å². The lowest BCUT2D eigenvalue weighted by molar-refractivity contribution is -0.138. The number of imide groups is 2. The Kier molecular flexibility index (Phi) is 6.79. The fourth-order valence-electron chi connectivity index (χ4n) is 7.13. The standard InChI is InChI=1S/C30H27BrCl2N2O6/c1-3-15-4-6-16(7-5-15)35-25(37)20-11-10-18-21(23(20)26(35)38)13-29(32)27(39)34(14-31)28(40)30(29,33)24(18)19-9-8-17(41-2)12-22(19)36/h4-10,12,20-21,23-24,36H,3,11,13-14H2,1-2H3. The van der Waals surface area contributed by atoms with Crippen LogP contribution in [0.4, 0.5) is 5.69 Å². The molecule has 6 rings (SSSR count). The molecule has 2 aromatic rings. The van der Waals surface area contributed by atoms with Crippen molar-refractivity contribution < 1.29 is 29.0 Å². The monoisotopic (exact) mass is 660 g/mol. The predicted molar refractivity (Wildman–Crippen MR) is 156 cm³/mol. The lowest BCUT2D eigenvalue weighted by Crippen LogP contribution is -2.60. The quantitative estimate of drug-likeness (QED) is 0.212. The molecule has 214 valence electrons. The van der Waals surface area contributed by atoms with Crippen LogP contribution in [0.2, 0.25) is 0 Å². The van der Waals surface area contributed by atoms with Gasteiger partial charge in [-0.15, -0.1) is 23.2 Å². The molecule has 2 aliphatic carbocycles. The van der Waals surface area contributed by atoms with E-state index >= 15 is 0 Å². The molecule has 41 heavy (non-hydrogen) atoms. The Morgan fingerprint density at radius 2 is 1.73 bits per heavy atom. The van der Waals surface area contributed by atoms with Crippen LogP contribution in [0.15, 0.2) is 54.1 Å². The van der Waals surface area contributed by atoms with E-state index in [-0.39, 0.29) is 41.4 Å². The summed E-state index contributed by atoms with van der Waals surface area (Å²) < 4.78 is 5.24. The zero-order valence-corrected chi connectivity index (χ0v) is 25.4. The Hall–Kier alpha value is -2.88. The van der Waals surface area contributed by atoms with Crippen molar-refractivity contribution in [3.8, 4) is 11.5 Å². The number of likely N-dealkylation sites (tertiary alicyclic amines) is 1. The number of fused-ring (bicyclic) bond motifs is 4. The Labute approximate surface area is 255 Å². The molecule has 1 saturated carbocycles. The number of carbonyl (C=O) groups is 4. The molecule has 2 aliphatic heterocycles. The van der Waals surface area contributed by atoms with Gasteiger partial charge in [-0.2, -0.15) is 0 Å². The van der Waals surface area contributed by atoms with Crippen molar-refractivity contribution in [2.24, 2.45) is 17.8 Å². The second kappa shape index (κ2) is 9.85. The maximum absolute atomic E-state index is 14.1. The number of nitrogens with zero attached hydrogens (tertiary/aromatic N) is 2. The molecule has 1 N–H and O–H groups in total. The van der Waals surface area contributed by atoms with Gasteiger partial charge in [0, 0.05) is 17.5 Å². The first-order valence-electron chi connectivity index (χ1n) is 13.4. The van der Waals surface area contributed by atoms with Crippen LogP contribution >= 0.6 is 39.1 Å². The Balaban J connectivity index is 1.50. The minimum absolute atomic E-state index is 0.117. The number of halogens is 3. The van der Waals surface area contributed by atoms with Gasteiger partial charge in [0.2, 0.25) is 11.8 Å². The maximum Gasteiger partial charge on any atom is 0.254 e. The number of allylic oxidation sites excluding steroid dienone is 2. The molecule has 6 atom stereocenters. The van der Waals surface area contributed by atoms with E-state index in [4.69, 9.17) is 27.9 Å². The number of ether oxygens (including phenoxy) is 1. The molecule has 11 heteroatoms. The summed E-state index contributed by atoms with van der Waals surface area (Å²) in [7, 11) is 1.46. The summed E-state index contributed by atoms with van der Waals surface area (Å²) in [4.78, 5) is 53.6. The van der Waals surface area contributed by atoms with E-state index < -0.39 is 45.2 Å². The lowest BCUT2D eigenvalue weighted by Gasteiger charge is -2.50. The Bertz CT molecular complexity index is 1530. The molecule has 4 amide bonds. The molecule has 6 unspecified atom stereocenters. The zero-order valence-electron chi connectivity index (χ0n) is 22.3. The topological polar surface area (TPSA) is 104 Å². The van der Waals surface area contributed by atoms with E-state index in [0.717, 1.165) is 16.9 Å². The van der Waals surface area contributed by atoms with Crippen LogP contribution in [0, 0.1) is 17.8 Å². The number of phenolic OH excluding ortho intramolecular Hbond substituents is 1. The van der Waals surface area contributed by atoms with Crippen LogP contribution in [0.1, 0.15) is 36.8 Å². The van der Waals surface area contributed by atoms with Gasteiger partial charge in [-0.25, -0.2) is 0 Å². The van der Waals surface area contributed by atoms with Crippen molar-refractivity contribution >= 4 is 68.4 Å². The summed E-state index contributed by atoms with van der Waals surface area (Å²) in [6.45, 7) is 2.02. The average Bonchev–Trinajstić information content (AvgIpc) is 3.31. The highest BCUT2D eigenvalue weighted by atomic mass is 79.9. The number of phenols is 1. The van der Waals surface area contributed by atoms with E-state index in [1.54, 1.807) is 24.3 Å². The molecule has 8 nitrogen and oxygen atoms in total. The van der Waals surface area contributed by atoms with Crippen molar-refractivity contribution in [1.29, 1.82) is 0 Å². The number of anilines is 1. The molecule has 2 heterocycles. The first-order valence-corrected chi connectivity index (χ1v) is 15.2. The van der Waals surface area contributed by atoms with E-state index in [0.29, 0.717) is 17.0 Å². The van der Waals surface area contributed by atoms with Gasteiger partial charge in [0.1, 0.15) is 11.5 Å². The average molecular weight is 662 g/mol. The third-order valence-corrected chi connectivity index (χ3v) is 11.1. The molecule has 0 radical (unpaired) electrons. The van der Waals surface area contributed by atoms with Gasteiger partial charge in [-0.05, 0) is 48.9 Å². The van der Waals surface area contributed by atoms with Crippen molar-refractivity contribution in [3.63, 3.8) is 0 Å². The van der Waals surface area contributed by atoms with Crippen molar-refractivity contribution in [3.05, 3.63) is 65.2 Å². The first-order chi connectivity index (χ1) is 19.5. The number of amides is 4. The Morgan fingerprint density at radius 1 is 1.02 bits per heavy atom. The van der Waals surface area contributed by atoms with Gasteiger partial charge in [0.15, 0.2) is 9.75 Å². The second-order valence-corrected chi connectivity index (χ2v) is 12.7. The number of carbonyl (C=O) groups excluding carboxylic acids is 4. The number of alkyl halides is 3. The number of hydrogen-bond donors (Lipinski definition) is 1. The van der Waals surface area contributed by atoms with Gasteiger partial charge in [0.05, 0.1) is 30.1 Å². The predicted octanol–water partition coefficient (Wildman–Crippen LogP) is 4.88.